The van der Waals surface area contributed by atoms with Crippen molar-refractivity contribution in [2.75, 3.05) is 6.54 Å². The predicted octanol–water partition coefficient (Wildman–Crippen LogP) is 4.70. The van der Waals surface area contributed by atoms with E-state index in [1.165, 1.54) is 24.7 Å². The standard InChI is InChI=1S/C20H18F3N3O/c1-2-10-25-19(27)18-12-24-13-26(18)15-7-5-6-14(11-15)16-8-3-4-9-17(16)20(21,22)23/h3-9,11-13H,2,10H2,1H3,(H,25,27). The van der Waals surface area contributed by atoms with E-state index in [1.54, 1.807) is 34.9 Å². The van der Waals surface area contributed by atoms with E-state index in [0.29, 0.717) is 23.5 Å². The second kappa shape index (κ2) is 7.65. The second-order valence-corrected chi connectivity index (χ2v) is 6.00. The van der Waals surface area contributed by atoms with Gasteiger partial charge in [0.05, 0.1) is 18.1 Å². The van der Waals surface area contributed by atoms with E-state index in [1.807, 2.05) is 6.92 Å². The Kier molecular flexibility index (Phi) is 5.30. The van der Waals surface area contributed by atoms with Gasteiger partial charge < -0.3 is 5.32 Å². The highest BCUT2D eigenvalue weighted by Crippen LogP contribution is 2.37. The minimum atomic E-state index is -4.45. The van der Waals surface area contributed by atoms with Crippen molar-refractivity contribution >= 4 is 5.91 Å². The van der Waals surface area contributed by atoms with Crippen LogP contribution in [0.1, 0.15) is 29.4 Å². The van der Waals surface area contributed by atoms with Crippen molar-refractivity contribution in [3.8, 4) is 16.8 Å². The van der Waals surface area contributed by atoms with Gasteiger partial charge in [0.2, 0.25) is 0 Å². The zero-order chi connectivity index (χ0) is 19.4. The van der Waals surface area contributed by atoms with Crippen molar-refractivity contribution < 1.29 is 18.0 Å². The van der Waals surface area contributed by atoms with Gasteiger partial charge in [-0.25, -0.2) is 4.98 Å². The lowest BCUT2D eigenvalue weighted by molar-refractivity contribution is -0.137. The van der Waals surface area contributed by atoms with E-state index < -0.39 is 11.7 Å². The SMILES string of the molecule is CCCNC(=O)c1cncn1-c1cccc(-c2ccccc2C(F)(F)F)c1. The van der Waals surface area contributed by atoms with E-state index in [0.717, 1.165) is 12.5 Å². The number of halogens is 3. The van der Waals surface area contributed by atoms with Crippen LogP contribution in [0.2, 0.25) is 0 Å². The van der Waals surface area contributed by atoms with Crippen LogP contribution >= 0.6 is 0 Å². The van der Waals surface area contributed by atoms with Crippen molar-refractivity contribution in [1.82, 2.24) is 14.9 Å². The molecule has 1 heterocycles. The number of carbonyl (C=O) groups excluding carboxylic acids is 1. The molecule has 0 saturated heterocycles. The summed E-state index contributed by atoms with van der Waals surface area (Å²) in [4.78, 5) is 16.3. The van der Waals surface area contributed by atoms with Crippen LogP contribution in [-0.2, 0) is 6.18 Å². The molecule has 1 amide bonds. The molecule has 2 aromatic carbocycles. The first-order chi connectivity index (χ1) is 12.9. The number of aromatic nitrogens is 2. The Balaban J connectivity index is 2.02. The van der Waals surface area contributed by atoms with Gasteiger partial charge in [0.25, 0.3) is 5.91 Å². The van der Waals surface area contributed by atoms with E-state index in [2.05, 4.69) is 10.3 Å². The van der Waals surface area contributed by atoms with Gasteiger partial charge in [-0.05, 0) is 35.7 Å². The minimum absolute atomic E-state index is 0.0870. The zero-order valence-corrected chi connectivity index (χ0v) is 14.6. The first-order valence-corrected chi connectivity index (χ1v) is 8.49. The van der Waals surface area contributed by atoms with E-state index >= 15 is 0 Å². The number of alkyl halides is 3. The van der Waals surface area contributed by atoms with Crippen LogP contribution in [0.3, 0.4) is 0 Å². The molecule has 0 aliphatic heterocycles. The van der Waals surface area contributed by atoms with E-state index in [4.69, 9.17) is 0 Å². The van der Waals surface area contributed by atoms with Gasteiger partial charge in [-0.15, -0.1) is 0 Å². The van der Waals surface area contributed by atoms with Crippen LogP contribution in [0, 0.1) is 0 Å². The molecule has 0 saturated carbocycles. The smallest absolute Gasteiger partial charge is 0.351 e. The van der Waals surface area contributed by atoms with Crippen LogP contribution in [0.25, 0.3) is 16.8 Å². The third-order valence-corrected chi connectivity index (χ3v) is 4.07. The summed E-state index contributed by atoms with van der Waals surface area (Å²) in [6, 6.07) is 12.0. The number of nitrogens with one attached hydrogen (secondary N) is 1. The first kappa shape index (κ1) is 18.7. The summed E-state index contributed by atoms with van der Waals surface area (Å²) in [6.07, 6.45) is -0.757. The first-order valence-electron chi connectivity index (χ1n) is 8.49. The third-order valence-electron chi connectivity index (χ3n) is 4.07. The van der Waals surface area contributed by atoms with E-state index in [-0.39, 0.29) is 11.5 Å². The fourth-order valence-electron chi connectivity index (χ4n) is 2.80. The molecule has 27 heavy (non-hydrogen) atoms. The third kappa shape index (κ3) is 4.02. The molecule has 3 aromatic rings. The molecule has 3 rings (SSSR count). The molecule has 4 nitrogen and oxygen atoms in total. The van der Waals surface area contributed by atoms with Crippen molar-refractivity contribution in [3.63, 3.8) is 0 Å². The predicted molar refractivity (Wildman–Crippen MR) is 96.6 cm³/mol. The van der Waals surface area contributed by atoms with Crippen molar-refractivity contribution in [3.05, 3.63) is 72.3 Å². The lowest BCUT2D eigenvalue weighted by atomic mass is 9.99. The largest absolute Gasteiger partial charge is 0.417 e. The lowest BCUT2D eigenvalue weighted by Gasteiger charge is -2.14. The molecular formula is C20H18F3N3O. The van der Waals surface area contributed by atoms with Gasteiger partial charge in [-0.1, -0.05) is 37.3 Å². The molecule has 0 spiro atoms. The Hall–Kier alpha value is -3.09. The Morgan fingerprint density at radius 2 is 1.93 bits per heavy atom. The van der Waals surface area contributed by atoms with Crippen molar-refractivity contribution in [2.45, 2.75) is 19.5 Å². The molecule has 1 aromatic heterocycles. The number of hydrogen-bond acceptors (Lipinski definition) is 2. The quantitative estimate of drug-likeness (QED) is 0.705. The topological polar surface area (TPSA) is 46.9 Å². The van der Waals surface area contributed by atoms with Crippen LogP contribution in [0.4, 0.5) is 13.2 Å². The second-order valence-electron chi connectivity index (χ2n) is 6.00. The molecule has 140 valence electrons. The Bertz CT molecular complexity index is 947. The van der Waals surface area contributed by atoms with Crippen LogP contribution in [0.5, 0.6) is 0 Å². The average molecular weight is 373 g/mol. The molecule has 0 unspecified atom stereocenters. The van der Waals surface area contributed by atoms with Gasteiger partial charge in [0.1, 0.15) is 5.69 Å². The summed E-state index contributed by atoms with van der Waals surface area (Å²) < 4.78 is 41.5. The zero-order valence-electron chi connectivity index (χ0n) is 14.6. The highest BCUT2D eigenvalue weighted by atomic mass is 19.4. The van der Waals surface area contributed by atoms with Crippen molar-refractivity contribution in [1.29, 1.82) is 0 Å². The summed E-state index contributed by atoms with van der Waals surface area (Å²) in [7, 11) is 0. The Morgan fingerprint density at radius 1 is 1.15 bits per heavy atom. The number of benzene rings is 2. The van der Waals surface area contributed by atoms with Crippen molar-refractivity contribution in [2.24, 2.45) is 0 Å². The summed E-state index contributed by atoms with van der Waals surface area (Å²) in [6.45, 7) is 2.47. The molecular weight excluding hydrogens is 355 g/mol. The monoisotopic (exact) mass is 373 g/mol. The molecule has 1 N–H and O–H groups in total. The number of hydrogen-bond donors (Lipinski definition) is 1. The number of rotatable bonds is 5. The highest BCUT2D eigenvalue weighted by molar-refractivity contribution is 5.93. The van der Waals surface area contributed by atoms with Gasteiger partial charge in [-0.2, -0.15) is 13.2 Å². The summed E-state index contributed by atoms with van der Waals surface area (Å²) in [5, 5.41) is 2.77. The van der Waals surface area contributed by atoms with Gasteiger partial charge in [0, 0.05) is 12.2 Å². The lowest BCUT2D eigenvalue weighted by Crippen LogP contribution is -2.26. The maximum absolute atomic E-state index is 13.3. The molecule has 7 heteroatoms. The summed E-state index contributed by atoms with van der Waals surface area (Å²) >= 11 is 0. The molecule has 0 aliphatic rings. The normalized spacial score (nSPS) is 11.4. The average Bonchev–Trinajstić information content (AvgIpc) is 3.15. The fourth-order valence-corrected chi connectivity index (χ4v) is 2.80. The maximum Gasteiger partial charge on any atom is 0.417 e. The van der Waals surface area contributed by atoms with Gasteiger partial charge in [0.15, 0.2) is 0 Å². The Morgan fingerprint density at radius 3 is 2.67 bits per heavy atom. The number of nitrogens with zero attached hydrogens (tertiary/aromatic N) is 2. The summed E-state index contributed by atoms with van der Waals surface area (Å²) in [5.74, 6) is -0.282. The van der Waals surface area contributed by atoms with Crippen LogP contribution < -0.4 is 5.32 Å². The number of imidazole rings is 1. The molecule has 0 radical (unpaired) electrons. The number of amides is 1. The maximum atomic E-state index is 13.3. The summed E-state index contributed by atoms with van der Waals surface area (Å²) in [5.41, 5.74) is 0.681. The fraction of sp³-hybridized carbons (Fsp3) is 0.200. The molecule has 0 fully saturated rings. The number of carbonyl (C=O) groups is 1. The van der Waals surface area contributed by atoms with Crippen LogP contribution in [-0.4, -0.2) is 22.0 Å². The molecule has 0 bridgehead atoms. The minimum Gasteiger partial charge on any atom is -0.351 e. The molecule has 0 atom stereocenters. The van der Waals surface area contributed by atoms with Crippen LogP contribution in [0.15, 0.2) is 61.1 Å². The van der Waals surface area contributed by atoms with Gasteiger partial charge in [-0.3, -0.25) is 9.36 Å². The molecule has 0 aliphatic carbocycles. The van der Waals surface area contributed by atoms with Gasteiger partial charge >= 0.3 is 6.18 Å². The Labute approximate surface area is 154 Å². The highest BCUT2D eigenvalue weighted by Gasteiger charge is 2.33. The van der Waals surface area contributed by atoms with E-state index in [9.17, 15) is 18.0 Å².